The topological polar surface area (TPSA) is 133 Å². The van der Waals surface area contributed by atoms with Crippen LogP contribution < -0.4 is 5.73 Å². The number of aliphatic hydroxyl groups is 1. The highest BCUT2D eigenvalue weighted by atomic mass is 16.5. The first-order chi connectivity index (χ1) is 13.1. The quantitative estimate of drug-likeness (QED) is 0.506. The van der Waals surface area contributed by atoms with E-state index in [1.165, 1.54) is 11.6 Å². The van der Waals surface area contributed by atoms with Crippen LogP contribution in [-0.4, -0.2) is 53.9 Å². The Morgan fingerprint density at radius 3 is 2.78 bits per heavy atom. The number of esters is 1. The molecule has 0 aliphatic carbocycles. The molecule has 0 unspecified atom stereocenters. The van der Waals surface area contributed by atoms with E-state index in [0.29, 0.717) is 39.5 Å². The van der Waals surface area contributed by atoms with Gasteiger partial charge in [-0.25, -0.2) is 9.78 Å². The van der Waals surface area contributed by atoms with Crippen LogP contribution in [0.1, 0.15) is 16.1 Å². The molecule has 138 valence electrons. The van der Waals surface area contributed by atoms with Gasteiger partial charge in [-0.15, -0.1) is 5.10 Å². The van der Waals surface area contributed by atoms with Gasteiger partial charge < -0.3 is 20.1 Å². The van der Waals surface area contributed by atoms with Crippen molar-refractivity contribution in [3.8, 4) is 11.5 Å². The number of nitrogens with two attached hydrogens (primary N) is 1. The predicted octanol–water partition coefficient (Wildman–Crippen LogP) is 0.811. The molecule has 10 nitrogen and oxygen atoms in total. The van der Waals surface area contributed by atoms with Gasteiger partial charge in [0.2, 0.25) is 11.8 Å². The number of nitrogens with zero attached hydrogens (tertiary/aromatic N) is 6. The van der Waals surface area contributed by atoms with E-state index in [9.17, 15) is 9.90 Å². The van der Waals surface area contributed by atoms with Gasteiger partial charge in [-0.2, -0.15) is 9.50 Å². The smallest absolute Gasteiger partial charge is 0.355 e. The minimum Gasteiger partial charge on any atom is -0.464 e. The molecule has 0 bridgehead atoms. The second-order valence-electron chi connectivity index (χ2n) is 5.89. The molecule has 0 amide bonds. The summed E-state index contributed by atoms with van der Waals surface area (Å²) in [5.41, 5.74) is 8.49. The molecule has 0 atom stereocenters. The third-order valence-corrected chi connectivity index (χ3v) is 4.34. The number of nitrogen functional groups attached to an aromatic ring is 1. The van der Waals surface area contributed by atoms with Crippen molar-refractivity contribution in [3.63, 3.8) is 0 Å². The van der Waals surface area contributed by atoms with Crippen molar-refractivity contribution < 1.29 is 14.6 Å². The van der Waals surface area contributed by atoms with Gasteiger partial charge in [-0.05, 0) is 24.6 Å². The van der Waals surface area contributed by atoms with Gasteiger partial charge in [0.25, 0.3) is 0 Å². The Bertz CT molecular complexity index is 1160. The molecule has 0 saturated carbocycles. The fraction of sp³-hybridized carbons (Fsp3) is 0.235. The highest BCUT2D eigenvalue weighted by Crippen LogP contribution is 2.30. The SMILES string of the molecule is COC(=O)c1c(C)c2c(nc(N)n3nc(-c4ccccn4)nc23)n1CCO. The second-order valence-corrected chi connectivity index (χ2v) is 5.89. The summed E-state index contributed by atoms with van der Waals surface area (Å²) in [4.78, 5) is 25.5. The number of fused-ring (bicyclic) bond motifs is 3. The van der Waals surface area contributed by atoms with Crippen LogP contribution in [-0.2, 0) is 11.3 Å². The number of aryl methyl sites for hydroxylation is 1. The fourth-order valence-corrected chi connectivity index (χ4v) is 3.18. The van der Waals surface area contributed by atoms with Crippen molar-refractivity contribution in [3.05, 3.63) is 35.7 Å². The number of ether oxygens (including phenoxy) is 1. The maximum atomic E-state index is 12.3. The first-order valence-electron chi connectivity index (χ1n) is 8.22. The lowest BCUT2D eigenvalue weighted by Gasteiger charge is -2.07. The van der Waals surface area contributed by atoms with Gasteiger partial charge >= 0.3 is 5.97 Å². The number of pyridine rings is 1. The Balaban J connectivity index is 2.09. The fourth-order valence-electron chi connectivity index (χ4n) is 3.18. The summed E-state index contributed by atoms with van der Waals surface area (Å²) in [6.07, 6.45) is 1.65. The molecule has 0 aliphatic heterocycles. The van der Waals surface area contributed by atoms with Crippen molar-refractivity contribution in [2.75, 3.05) is 19.5 Å². The Hall–Kier alpha value is -3.53. The van der Waals surface area contributed by atoms with Crippen LogP contribution in [0.15, 0.2) is 24.4 Å². The number of methoxy groups -OCH3 is 1. The van der Waals surface area contributed by atoms with E-state index in [4.69, 9.17) is 10.5 Å². The lowest BCUT2D eigenvalue weighted by Crippen LogP contribution is -2.14. The molecule has 0 spiro atoms. The lowest BCUT2D eigenvalue weighted by molar-refractivity contribution is 0.0587. The molecule has 0 aromatic carbocycles. The van der Waals surface area contributed by atoms with Gasteiger partial charge in [0, 0.05) is 12.7 Å². The Morgan fingerprint density at radius 2 is 2.11 bits per heavy atom. The highest BCUT2D eigenvalue weighted by Gasteiger charge is 2.26. The molecule has 0 fully saturated rings. The second kappa shape index (κ2) is 6.32. The zero-order valence-corrected chi connectivity index (χ0v) is 14.7. The summed E-state index contributed by atoms with van der Waals surface area (Å²) in [5.74, 6) is -0.0223. The molecule has 4 aromatic rings. The number of carbonyl (C=O) groups is 1. The molecule has 0 radical (unpaired) electrons. The third-order valence-electron chi connectivity index (χ3n) is 4.34. The zero-order chi connectivity index (χ0) is 19.1. The number of anilines is 1. The summed E-state index contributed by atoms with van der Waals surface area (Å²) in [5, 5.41) is 14.5. The van der Waals surface area contributed by atoms with Crippen LogP contribution in [0.4, 0.5) is 5.95 Å². The Kier molecular flexibility index (Phi) is 3.96. The van der Waals surface area contributed by atoms with Crippen molar-refractivity contribution >= 4 is 28.6 Å². The van der Waals surface area contributed by atoms with Crippen LogP contribution in [0, 0.1) is 6.92 Å². The maximum Gasteiger partial charge on any atom is 0.355 e. The van der Waals surface area contributed by atoms with Crippen LogP contribution in [0.2, 0.25) is 0 Å². The number of hydrogen-bond donors (Lipinski definition) is 2. The van der Waals surface area contributed by atoms with Crippen LogP contribution >= 0.6 is 0 Å². The van der Waals surface area contributed by atoms with Gasteiger partial charge in [0.05, 0.1) is 19.1 Å². The molecule has 10 heteroatoms. The lowest BCUT2D eigenvalue weighted by atomic mass is 10.2. The van der Waals surface area contributed by atoms with Crippen molar-refractivity contribution in [1.29, 1.82) is 0 Å². The first-order valence-corrected chi connectivity index (χ1v) is 8.22. The third kappa shape index (κ3) is 2.49. The minimum atomic E-state index is -0.528. The Morgan fingerprint density at radius 1 is 1.30 bits per heavy atom. The van der Waals surface area contributed by atoms with Crippen molar-refractivity contribution in [2.45, 2.75) is 13.5 Å². The zero-order valence-electron chi connectivity index (χ0n) is 14.7. The summed E-state index contributed by atoms with van der Waals surface area (Å²) in [6.45, 7) is 1.76. The molecule has 3 N–H and O–H groups in total. The van der Waals surface area contributed by atoms with E-state index >= 15 is 0 Å². The Labute approximate surface area is 153 Å². The maximum absolute atomic E-state index is 12.3. The van der Waals surface area contributed by atoms with Crippen molar-refractivity contribution in [2.24, 2.45) is 0 Å². The molecule has 27 heavy (non-hydrogen) atoms. The minimum absolute atomic E-state index is 0.111. The van der Waals surface area contributed by atoms with E-state index in [1.54, 1.807) is 29.8 Å². The molecule has 0 saturated heterocycles. The molecule has 4 heterocycles. The normalized spacial score (nSPS) is 11.4. The van der Waals surface area contributed by atoms with Crippen LogP contribution in [0.25, 0.3) is 28.2 Å². The van der Waals surface area contributed by atoms with E-state index in [1.807, 2.05) is 6.07 Å². The molecule has 0 aliphatic rings. The number of rotatable bonds is 4. The number of carbonyl (C=O) groups excluding carboxylic acids is 1. The summed E-state index contributed by atoms with van der Waals surface area (Å²) in [6, 6.07) is 5.43. The number of aliphatic hydroxyl groups excluding tert-OH is 1. The van der Waals surface area contributed by atoms with E-state index < -0.39 is 5.97 Å². The van der Waals surface area contributed by atoms with Gasteiger partial charge in [0.1, 0.15) is 17.0 Å². The van der Waals surface area contributed by atoms with Crippen LogP contribution in [0.5, 0.6) is 0 Å². The van der Waals surface area contributed by atoms with E-state index in [0.717, 1.165) is 0 Å². The van der Waals surface area contributed by atoms with Gasteiger partial charge in [-0.1, -0.05) is 6.07 Å². The van der Waals surface area contributed by atoms with E-state index in [2.05, 4.69) is 20.1 Å². The largest absolute Gasteiger partial charge is 0.464 e. The highest BCUT2D eigenvalue weighted by molar-refractivity contribution is 6.03. The first kappa shape index (κ1) is 16.9. The molecule has 4 rings (SSSR count). The number of hydrogen-bond acceptors (Lipinski definition) is 8. The summed E-state index contributed by atoms with van der Waals surface area (Å²) in [7, 11) is 1.30. The molecule has 4 aromatic heterocycles. The van der Waals surface area contributed by atoms with Gasteiger partial charge in [0.15, 0.2) is 5.65 Å². The van der Waals surface area contributed by atoms with E-state index in [-0.39, 0.29) is 19.1 Å². The predicted molar refractivity (Wildman–Crippen MR) is 97.1 cm³/mol. The monoisotopic (exact) mass is 367 g/mol. The summed E-state index contributed by atoms with van der Waals surface area (Å²) < 4.78 is 7.90. The average molecular weight is 367 g/mol. The molecular weight excluding hydrogens is 350 g/mol. The van der Waals surface area contributed by atoms with Crippen molar-refractivity contribution in [1.82, 2.24) is 29.1 Å². The van der Waals surface area contributed by atoms with Crippen LogP contribution in [0.3, 0.4) is 0 Å². The standard InChI is InChI=1S/C17H17N7O3/c1-9-11-14(23(7-8-25)12(9)16(26)27-2)21-17(18)24-15(11)20-13(22-24)10-5-3-4-6-19-10/h3-6,25H,7-8H2,1-2H3,(H2,18,21). The molecular formula is C17H17N7O3. The number of aromatic nitrogens is 6. The average Bonchev–Trinajstić information content (AvgIpc) is 3.23. The summed E-state index contributed by atoms with van der Waals surface area (Å²) >= 11 is 0. The van der Waals surface area contributed by atoms with Gasteiger partial charge in [-0.3, -0.25) is 4.98 Å².